The quantitative estimate of drug-likeness (QED) is 0.916. The SMILES string of the molecule is CCCCN1CCc2ccc(Nc3nccnc3C#N)cc21. The Hall–Kier alpha value is -2.61. The minimum atomic E-state index is 0.311. The average Bonchev–Trinajstić information content (AvgIpc) is 2.96. The van der Waals surface area contributed by atoms with Crippen LogP contribution in [0.25, 0.3) is 0 Å². The van der Waals surface area contributed by atoms with Crippen LogP contribution in [0.3, 0.4) is 0 Å². The first-order valence-electron chi connectivity index (χ1n) is 7.68. The highest BCUT2D eigenvalue weighted by molar-refractivity contribution is 5.69. The second-order valence-corrected chi connectivity index (χ2v) is 5.42. The zero-order valence-electron chi connectivity index (χ0n) is 12.7. The van der Waals surface area contributed by atoms with Crippen LogP contribution in [0, 0.1) is 11.3 Å². The highest BCUT2D eigenvalue weighted by Gasteiger charge is 2.19. The zero-order valence-corrected chi connectivity index (χ0v) is 12.7. The number of nitrogens with zero attached hydrogens (tertiary/aromatic N) is 4. The number of benzene rings is 1. The van der Waals surface area contributed by atoms with Crippen LogP contribution in [0.2, 0.25) is 0 Å². The molecule has 5 heteroatoms. The molecule has 0 amide bonds. The lowest BCUT2D eigenvalue weighted by Crippen LogP contribution is -2.21. The van der Waals surface area contributed by atoms with Crippen LogP contribution in [0.5, 0.6) is 0 Å². The molecule has 3 rings (SSSR count). The molecule has 1 aromatic heterocycles. The number of anilines is 3. The van der Waals surface area contributed by atoms with Crippen molar-refractivity contribution in [1.82, 2.24) is 9.97 Å². The van der Waals surface area contributed by atoms with E-state index in [0.717, 1.165) is 25.2 Å². The van der Waals surface area contributed by atoms with Crippen molar-refractivity contribution in [3.63, 3.8) is 0 Å². The fourth-order valence-electron chi connectivity index (χ4n) is 2.75. The third kappa shape index (κ3) is 2.86. The summed E-state index contributed by atoms with van der Waals surface area (Å²) in [5, 5.41) is 12.3. The fraction of sp³-hybridized carbons (Fsp3) is 0.353. The summed E-state index contributed by atoms with van der Waals surface area (Å²) in [5.41, 5.74) is 3.94. The maximum absolute atomic E-state index is 9.09. The normalized spacial score (nSPS) is 12.8. The third-order valence-corrected chi connectivity index (χ3v) is 3.93. The van der Waals surface area contributed by atoms with Gasteiger partial charge >= 0.3 is 0 Å². The van der Waals surface area contributed by atoms with Gasteiger partial charge in [-0.1, -0.05) is 19.4 Å². The molecule has 0 spiro atoms. The number of hydrogen-bond acceptors (Lipinski definition) is 5. The molecule has 112 valence electrons. The summed E-state index contributed by atoms with van der Waals surface area (Å²) in [6.45, 7) is 4.40. The number of hydrogen-bond donors (Lipinski definition) is 1. The number of fused-ring (bicyclic) bond motifs is 1. The van der Waals surface area contributed by atoms with E-state index in [-0.39, 0.29) is 0 Å². The maximum Gasteiger partial charge on any atom is 0.183 e. The van der Waals surface area contributed by atoms with Gasteiger partial charge in [0.15, 0.2) is 11.5 Å². The molecule has 5 nitrogen and oxygen atoms in total. The molecule has 22 heavy (non-hydrogen) atoms. The largest absolute Gasteiger partial charge is 0.371 e. The Morgan fingerprint density at radius 2 is 2.18 bits per heavy atom. The molecule has 2 aromatic rings. The Kier molecular flexibility index (Phi) is 4.19. The third-order valence-electron chi connectivity index (χ3n) is 3.93. The van der Waals surface area contributed by atoms with E-state index in [1.165, 1.54) is 30.3 Å². The van der Waals surface area contributed by atoms with E-state index < -0.39 is 0 Å². The second kappa shape index (κ2) is 6.44. The van der Waals surface area contributed by atoms with Crippen LogP contribution in [-0.2, 0) is 6.42 Å². The summed E-state index contributed by atoms with van der Waals surface area (Å²) in [4.78, 5) is 10.7. The van der Waals surface area contributed by atoms with E-state index in [2.05, 4.69) is 45.3 Å². The number of rotatable bonds is 5. The summed E-state index contributed by atoms with van der Waals surface area (Å²) >= 11 is 0. The predicted molar refractivity (Wildman–Crippen MR) is 87.3 cm³/mol. The van der Waals surface area contributed by atoms with Crippen molar-refractivity contribution in [3.8, 4) is 6.07 Å². The molecular formula is C17H19N5. The van der Waals surface area contributed by atoms with Crippen LogP contribution in [-0.4, -0.2) is 23.1 Å². The molecule has 0 radical (unpaired) electrons. The fourth-order valence-corrected chi connectivity index (χ4v) is 2.75. The van der Waals surface area contributed by atoms with Gasteiger partial charge in [0.1, 0.15) is 6.07 Å². The standard InChI is InChI=1S/C17H19N5/c1-2-3-9-22-10-6-13-4-5-14(11-16(13)22)21-17-15(12-18)19-7-8-20-17/h4-5,7-8,11H,2-3,6,9-10H2,1H3,(H,20,21). The summed E-state index contributed by atoms with van der Waals surface area (Å²) in [6, 6.07) is 8.40. The summed E-state index contributed by atoms with van der Waals surface area (Å²) in [5.74, 6) is 0.503. The summed E-state index contributed by atoms with van der Waals surface area (Å²) in [7, 11) is 0. The Balaban J connectivity index is 1.83. The number of aromatic nitrogens is 2. The topological polar surface area (TPSA) is 64.8 Å². The van der Waals surface area contributed by atoms with Gasteiger partial charge < -0.3 is 10.2 Å². The first-order chi connectivity index (χ1) is 10.8. The highest BCUT2D eigenvalue weighted by atomic mass is 15.1. The first kappa shape index (κ1) is 14.3. The van der Waals surface area contributed by atoms with Gasteiger partial charge in [-0.15, -0.1) is 0 Å². The molecule has 0 saturated carbocycles. The minimum Gasteiger partial charge on any atom is -0.371 e. The Bertz CT molecular complexity index is 704. The lowest BCUT2D eigenvalue weighted by molar-refractivity contribution is 0.736. The van der Waals surface area contributed by atoms with Crippen molar-refractivity contribution in [2.24, 2.45) is 0 Å². The zero-order chi connectivity index (χ0) is 15.4. The Morgan fingerprint density at radius 1 is 1.32 bits per heavy atom. The minimum absolute atomic E-state index is 0.311. The second-order valence-electron chi connectivity index (χ2n) is 5.42. The van der Waals surface area contributed by atoms with Crippen molar-refractivity contribution in [3.05, 3.63) is 41.9 Å². The van der Waals surface area contributed by atoms with E-state index in [1.54, 1.807) is 6.20 Å². The van der Waals surface area contributed by atoms with E-state index in [0.29, 0.717) is 11.5 Å². The maximum atomic E-state index is 9.09. The van der Waals surface area contributed by atoms with Gasteiger partial charge in [0.25, 0.3) is 0 Å². The summed E-state index contributed by atoms with van der Waals surface area (Å²) < 4.78 is 0. The smallest absolute Gasteiger partial charge is 0.183 e. The van der Waals surface area contributed by atoms with Gasteiger partial charge in [0, 0.05) is 36.9 Å². The van der Waals surface area contributed by atoms with Crippen molar-refractivity contribution in [1.29, 1.82) is 5.26 Å². The molecule has 1 N–H and O–H groups in total. The van der Waals surface area contributed by atoms with E-state index in [4.69, 9.17) is 5.26 Å². The molecule has 0 bridgehead atoms. The van der Waals surface area contributed by atoms with Crippen molar-refractivity contribution in [2.45, 2.75) is 26.2 Å². The molecule has 0 aliphatic carbocycles. The number of nitrogens with one attached hydrogen (secondary N) is 1. The van der Waals surface area contributed by atoms with Crippen molar-refractivity contribution < 1.29 is 0 Å². The molecular weight excluding hydrogens is 274 g/mol. The Labute approximate surface area is 130 Å². The van der Waals surface area contributed by atoms with E-state index in [1.807, 2.05) is 6.07 Å². The number of unbranched alkanes of at least 4 members (excludes halogenated alkanes) is 1. The lowest BCUT2D eigenvalue weighted by atomic mass is 10.1. The van der Waals surface area contributed by atoms with E-state index in [9.17, 15) is 0 Å². The molecule has 1 aromatic carbocycles. The average molecular weight is 293 g/mol. The molecule has 0 atom stereocenters. The number of nitriles is 1. The Morgan fingerprint density at radius 3 is 3.00 bits per heavy atom. The van der Waals surface area contributed by atoms with Crippen LogP contribution in [0.15, 0.2) is 30.6 Å². The van der Waals surface area contributed by atoms with Gasteiger partial charge in [0.05, 0.1) is 0 Å². The van der Waals surface area contributed by atoms with Gasteiger partial charge in [-0.3, -0.25) is 0 Å². The summed E-state index contributed by atoms with van der Waals surface area (Å²) in [6.07, 6.45) is 6.63. The predicted octanol–water partition coefficient (Wildman–Crippen LogP) is 3.25. The molecule has 1 aliphatic heterocycles. The van der Waals surface area contributed by atoms with E-state index >= 15 is 0 Å². The lowest BCUT2D eigenvalue weighted by Gasteiger charge is -2.19. The molecule has 0 fully saturated rings. The van der Waals surface area contributed by atoms with Crippen LogP contribution >= 0.6 is 0 Å². The van der Waals surface area contributed by atoms with Gasteiger partial charge in [-0.05, 0) is 30.5 Å². The van der Waals surface area contributed by atoms with Crippen LogP contribution in [0.4, 0.5) is 17.2 Å². The van der Waals surface area contributed by atoms with Gasteiger partial charge in [0.2, 0.25) is 0 Å². The first-order valence-corrected chi connectivity index (χ1v) is 7.68. The molecule has 1 aliphatic rings. The van der Waals surface area contributed by atoms with Gasteiger partial charge in [-0.2, -0.15) is 5.26 Å². The molecule has 0 saturated heterocycles. The van der Waals surface area contributed by atoms with Crippen molar-refractivity contribution in [2.75, 3.05) is 23.3 Å². The van der Waals surface area contributed by atoms with Crippen molar-refractivity contribution >= 4 is 17.2 Å². The highest BCUT2D eigenvalue weighted by Crippen LogP contribution is 2.32. The van der Waals surface area contributed by atoms with Crippen LogP contribution < -0.4 is 10.2 Å². The monoisotopic (exact) mass is 293 g/mol. The molecule has 0 unspecified atom stereocenters. The molecule has 2 heterocycles. The van der Waals surface area contributed by atoms with Gasteiger partial charge in [-0.25, -0.2) is 9.97 Å². The van der Waals surface area contributed by atoms with Crippen LogP contribution in [0.1, 0.15) is 31.0 Å².